The van der Waals surface area contributed by atoms with Crippen molar-refractivity contribution in [3.05, 3.63) is 70.0 Å². The first kappa shape index (κ1) is 17.6. The second-order valence-electron chi connectivity index (χ2n) is 6.29. The van der Waals surface area contributed by atoms with Crippen LogP contribution in [0.15, 0.2) is 53.7 Å². The molecule has 7 heteroatoms. The number of aliphatic hydroxyl groups excluding tert-OH is 1. The van der Waals surface area contributed by atoms with Gasteiger partial charge in [-0.3, -0.25) is 10.1 Å². The Morgan fingerprint density at radius 1 is 1.30 bits per heavy atom. The molecule has 0 fully saturated rings. The smallest absolute Gasteiger partial charge is 0.132 e. The summed E-state index contributed by atoms with van der Waals surface area (Å²) in [6.45, 7) is 0.440. The second kappa shape index (κ2) is 7.42. The van der Waals surface area contributed by atoms with Crippen molar-refractivity contribution in [3.8, 4) is 16.9 Å². The molecule has 1 aromatic heterocycles. The summed E-state index contributed by atoms with van der Waals surface area (Å²) in [4.78, 5) is 6.72. The van der Waals surface area contributed by atoms with E-state index in [0.29, 0.717) is 11.8 Å². The zero-order valence-electron chi connectivity index (χ0n) is 14.8. The Labute approximate surface area is 161 Å². The van der Waals surface area contributed by atoms with Crippen molar-refractivity contribution >= 4 is 17.8 Å². The van der Waals surface area contributed by atoms with Crippen molar-refractivity contribution in [2.75, 3.05) is 20.4 Å². The van der Waals surface area contributed by atoms with E-state index in [1.165, 1.54) is 0 Å². The van der Waals surface area contributed by atoms with Gasteiger partial charge in [-0.05, 0) is 29.3 Å². The number of hydrogen-bond donors (Lipinski definition) is 2. The van der Waals surface area contributed by atoms with E-state index in [0.717, 1.165) is 33.0 Å². The third kappa shape index (κ3) is 3.41. The first-order valence-corrected chi connectivity index (χ1v) is 8.93. The van der Waals surface area contributed by atoms with Gasteiger partial charge in [-0.1, -0.05) is 35.9 Å². The molecule has 2 aromatic carbocycles. The van der Waals surface area contributed by atoms with Crippen LogP contribution in [0.4, 0.5) is 0 Å². The largest absolute Gasteiger partial charge is 0.497 e. The number of benzene rings is 2. The SMILES string of the molecule is COc1cccc(C(CO)N2C=c3ccc(-c4cn[nH]c4Cl)cc3=NC2)c1. The predicted octanol–water partition coefficient (Wildman–Crippen LogP) is 2.10. The van der Waals surface area contributed by atoms with E-state index in [1.54, 1.807) is 13.3 Å². The standard InChI is InChI=1S/C20H19ClN4O2/c1-27-16-4-2-3-14(7-16)19(11-26)25-10-15-6-5-13(8-18(15)22-12-25)17-9-23-24-20(17)21/h2-10,19,26H,11-12H2,1H3,(H,23,24). The highest BCUT2D eigenvalue weighted by Crippen LogP contribution is 2.26. The van der Waals surface area contributed by atoms with E-state index in [-0.39, 0.29) is 12.6 Å². The number of methoxy groups -OCH3 is 1. The van der Waals surface area contributed by atoms with E-state index in [9.17, 15) is 5.11 Å². The molecule has 0 amide bonds. The van der Waals surface area contributed by atoms with Crippen LogP contribution in [0.5, 0.6) is 5.75 Å². The minimum absolute atomic E-state index is 0.0166. The molecule has 2 N–H and O–H groups in total. The lowest BCUT2D eigenvalue weighted by Crippen LogP contribution is -2.38. The highest BCUT2D eigenvalue weighted by molar-refractivity contribution is 6.32. The number of H-pyrrole nitrogens is 1. The summed E-state index contributed by atoms with van der Waals surface area (Å²) >= 11 is 6.13. The molecule has 0 bridgehead atoms. The Balaban J connectivity index is 1.68. The molecule has 0 aliphatic carbocycles. The minimum Gasteiger partial charge on any atom is -0.497 e. The molecule has 1 aliphatic heterocycles. The Kier molecular flexibility index (Phi) is 4.83. The van der Waals surface area contributed by atoms with Crippen molar-refractivity contribution in [1.82, 2.24) is 15.1 Å². The quantitative estimate of drug-likeness (QED) is 0.708. The van der Waals surface area contributed by atoms with E-state index in [4.69, 9.17) is 21.3 Å². The third-order valence-electron chi connectivity index (χ3n) is 4.70. The van der Waals surface area contributed by atoms with Crippen LogP contribution in [-0.2, 0) is 0 Å². The topological polar surface area (TPSA) is 73.7 Å². The number of ether oxygens (including phenoxy) is 1. The molecule has 3 aromatic rings. The predicted molar refractivity (Wildman–Crippen MR) is 104 cm³/mol. The third-order valence-corrected chi connectivity index (χ3v) is 4.98. The minimum atomic E-state index is -0.194. The van der Waals surface area contributed by atoms with Gasteiger partial charge >= 0.3 is 0 Å². The summed E-state index contributed by atoms with van der Waals surface area (Å²) in [5.74, 6) is 0.766. The molecule has 27 heavy (non-hydrogen) atoms. The first-order valence-electron chi connectivity index (χ1n) is 8.56. The number of fused-ring (bicyclic) bond motifs is 1. The first-order chi connectivity index (χ1) is 13.2. The van der Waals surface area contributed by atoms with Crippen LogP contribution in [0.25, 0.3) is 17.3 Å². The fourth-order valence-corrected chi connectivity index (χ4v) is 3.45. The fraction of sp³-hybridized carbons (Fsp3) is 0.200. The monoisotopic (exact) mass is 382 g/mol. The number of rotatable bonds is 5. The lowest BCUT2D eigenvalue weighted by Gasteiger charge is -2.30. The number of nitrogens with one attached hydrogen (secondary N) is 1. The summed E-state index contributed by atoms with van der Waals surface area (Å²) in [6.07, 6.45) is 3.73. The van der Waals surface area contributed by atoms with Crippen LogP contribution in [0, 0.1) is 0 Å². The van der Waals surface area contributed by atoms with Gasteiger partial charge in [-0.2, -0.15) is 5.10 Å². The molecule has 0 saturated heterocycles. The number of aromatic amines is 1. The summed E-state index contributed by atoms with van der Waals surface area (Å²) in [7, 11) is 1.63. The van der Waals surface area contributed by atoms with Crippen LogP contribution >= 0.6 is 11.6 Å². The second-order valence-corrected chi connectivity index (χ2v) is 6.67. The van der Waals surface area contributed by atoms with Gasteiger partial charge in [0, 0.05) is 17.0 Å². The number of aromatic nitrogens is 2. The van der Waals surface area contributed by atoms with Gasteiger partial charge in [-0.15, -0.1) is 0 Å². The maximum atomic E-state index is 9.97. The number of nitrogens with zero attached hydrogens (tertiary/aromatic N) is 3. The Bertz CT molecular complexity index is 1080. The van der Waals surface area contributed by atoms with E-state index in [2.05, 4.69) is 10.2 Å². The van der Waals surface area contributed by atoms with Gasteiger partial charge in [0.2, 0.25) is 0 Å². The Morgan fingerprint density at radius 3 is 2.93 bits per heavy atom. The lowest BCUT2D eigenvalue weighted by molar-refractivity contribution is 0.178. The molecule has 4 rings (SSSR count). The lowest BCUT2D eigenvalue weighted by atomic mass is 10.0. The molecule has 1 aliphatic rings. The zero-order valence-corrected chi connectivity index (χ0v) is 15.5. The van der Waals surface area contributed by atoms with Crippen molar-refractivity contribution in [3.63, 3.8) is 0 Å². The molecule has 0 radical (unpaired) electrons. The fourth-order valence-electron chi connectivity index (χ4n) is 3.25. The van der Waals surface area contributed by atoms with Crippen LogP contribution in [0.3, 0.4) is 0 Å². The maximum Gasteiger partial charge on any atom is 0.132 e. The molecule has 0 spiro atoms. The van der Waals surface area contributed by atoms with E-state index >= 15 is 0 Å². The summed E-state index contributed by atoms with van der Waals surface area (Å²) < 4.78 is 5.30. The van der Waals surface area contributed by atoms with Crippen molar-refractivity contribution in [2.45, 2.75) is 6.04 Å². The highest BCUT2D eigenvalue weighted by Gasteiger charge is 2.19. The molecular formula is C20H19ClN4O2. The average molecular weight is 383 g/mol. The molecule has 1 unspecified atom stereocenters. The molecule has 2 heterocycles. The van der Waals surface area contributed by atoms with Crippen molar-refractivity contribution < 1.29 is 9.84 Å². The Hall–Kier alpha value is -2.83. The van der Waals surface area contributed by atoms with Crippen LogP contribution in [0.1, 0.15) is 11.6 Å². The summed E-state index contributed by atoms with van der Waals surface area (Å²) in [5, 5.41) is 19.1. The highest BCUT2D eigenvalue weighted by atomic mass is 35.5. The van der Waals surface area contributed by atoms with Gasteiger partial charge < -0.3 is 14.7 Å². The van der Waals surface area contributed by atoms with E-state index < -0.39 is 0 Å². The number of aliphatic hydroxyl groups is 1. The van der Waals surface area contributed by atoms with Gasteiger partial charge in [0.25, 0.3) is 0 Å². The van der Waals surface area contributed by atoms with Crippen LogP contribution in [0.2, 0.25) is 5.15 Å². The molecule has 1 atom stereocenters. The van der Waals surface area contributed by atoms with Gasteiger partial charge in [0.05, 0.1) is 31.3 Å². The van der Waals surface area contributed by atoms with E-state index in [1.807, 2.05) is 53.6 Å². The van der Waals surface area contributed by atoms with Gasteiger partial charge in [0.1, 0.15) is 17.6 Å². The summed E-state index contributed by atoms with van der Waals surface area (Å²) in [6, 6.07) is 13.5. The van der Waals surface area contributed by atoms with Gasteiger partial charge in [-0.25, -0.2) is 0 Å². The van der Waals surface area contributed by atoms with Crippen molar-refractivity contribution in [1.29, 1.82) is 0 Å². The van der Waals surface area contributed by atoms with Gasteiger partial charge in [0.15, 0.2) is 0 Å². The van der Waals surface area contributed by atoms with Crippen LogP contribution < -0.4 is 15.3 Å². The molecule has 138 valence electrons. The van der Waals surface area contributed by atoms with Crippen molar-refractivity contribution in [2.24, 2.45) is 4.99 Å². The molecule has 6 nitrogen and oxygen atoms in total. The average Bonchev–Trinajstić information content (AvgIpc) is 3.14. The normalized spacial score (nSPS) is 14.1. The van der Waals surface area contributed by atoms with Crippen LogP contribution in [-0.4, -0.2) is 40.6 Å². The Morgan fingerprint density at radius 2 is 2.19 bits per heavy atom. The maximum absolute atomic E-state index is 9.97. The number of hydrogen-bond acceptors (Lipinski definition) is 5. The molecule has 0 saturated carbocycles. The summed E-state index contributed by atoms with van der Waals surface area (Å²) in [5.41, 5.74) is 2.79. The zero-order chi connectivity index (χ0) is 18.8. The molecular weight excluding hydrogens is 364 g/mol. The number of halogens is 1.